The predicted octanol–water partition coefficient (Wildman–Crippen LogP) is 7.13. The summed E-state index contributed by atoms with van der Waals surface area (Å²) in [6.45, 7) is 14.2. The number of fused-ring (bicyclic) bond motifs is 1. The maximum absolute atomic E-state index is 13.6. The number of methoxy groups -OCH3 is 1. The first-order valence-corrected chi connectivity index (χ1v) is 20.7. The van der Waals surface area contributed by atoms with Crippen LogP contribution in [0.3, 0.4) is 0 Å². The number of anilines is 2. The number of nitriles is 1. The lowest BCUT2D eigenvalue weighted by Crippen LogP contribution is -2.74. The van der Waals surface area contributed by atoms with Crippen molar-refractivity contribution in [3.8, 4) is 17.6 Å². The van der Waals surface area contributed by atoms with E-state index in [0.29, 0.717) is 47.6 Å². The first-order chi connectivity index (χ1) is 27.9. The number of piperidine rings is 2. The number of hydrogen-bond acceptors (Lipinski definition) is 8. The Morgan fingerprint density at radius 1 is 0.914 bits per heavy atom. The molecule has 0 spiro atoms. The standard InChI is InChI=1S/C46H55N7O5/c1-45(2)42(46(3,4)43(45)58-35-14-11-32(28-47)39(27-35)57-5)49-41(55)31-9-12-33(13-10-31)51-23-15-30(16-24-51)29-50-21-17-34(18-22-50)52-25-19-36-37(52)7-6-8-38(36)53-26-20-40(54)48-44(53)56/h6-14,19,25,27,30,34,42-43H,15-18,20-24,26,29H2,1-5H3,(H,49,55)(H,48,54,56). The largest absolute Gasteiger partial charge is 0.495 e. The van der Waals surface area contributed by atoms with Gasteiger partial charge in [0.25, 0.3) is 5.91 Å². The number of carbonyl (C=O) groups excluding carboxylic acids is 3. The third-order valence-electron chi connectivity index (χ3n) is 13.3. The molecule has 4 aliphatic rings. The lowest BCUT2D eigenvalue weighted by atomic mass is 9.49. The first kappa shape index (κ1) is 39.3. The second-order valence-electron chi connectivity index (χ2n) is 17.7. The van der Waals surface area contributed by atoms with E-state index in [4.69, 9.17) is 9.47 Å². The molecule has 1 aliphatic carbocycles. The van der Waals surface area contributed by atoms with E-state index in [9.17, 15) is 19.6 Å². The van der Waals surface area contributed by atoms with Crippen LogP contribution in [0.5, 0.6) is 11.5 Å². The third kappa shape index (κ3) is 7.37. The van der Waals surface area contributed by atoms with Crippen molar-refractivity contribution in [3.63, 3.8) is 0 Å². The lowest BCUT2D eigenvalue weighted by Gasteiger charge is -2.63. The number of hydrogen-bond donors (Lipinski definition) is 2. The topological polar surface area (TPSA) is 132 Å². The normalized spacial score (nSPS) is 22.6. The number of urea groups is 1. The van der Waals surface area contributed by atoms with E-state index in [0.717, 1.165) is 80.7 Å². The summed E-state index contributed by atoms with van der Waals surface area (Å²) < 4.78 is 14.2. The van der Waals surface area contributed by atoms with Gasteiger partial charge >= 0.3 is 6.03 Å². The van der Waals surface area contributed by atoms with Crippen LogP contribution in [0.4, 0.5) is 16.2 Å². The van der Waals surface area contributed by atoms with Crippen LogP contribution in [0.2, 0.25) is 0 Å². The number of aromatic nitrogens is 1. The van der Waals surface area contributed by atoms with Crippen LogP contribution in [-0.4, -0.2) is 85.8 Å². The number of nitrogens with one attached hydrogen (secondary N) is 2. The molecule has 4 aromatic rings. The minimum absolute atomic E-state index is 0.0846. The van der Waals surface area contributed by atoms with Crippen molar-refractivity contribution in [1.29, 1.82) is 5.26 Å². The average Bonchev–Trinajstić information content (AvgIpc) is 3.67. The number of nitrogens with zero attached hydrogens (tertiary/aromatic N) is 5. The Kier molecular flexibility index (Phi) is 10.6. The summed E-state index contributed by atoms with van der Waals surface area (Å²) in [5.41, 5.74) is 3.59. The van der Waals surface area contributed by atoms with E-state index in [-0.39, 0.29) is 40.8 Å². The van der Waals surface area contributed by atoms with Crippen molar-refractivity contribution in [1.82, 2.24) is 20.1 Å². The van der Waals surface area contributed by atoms with Gasteiger partial charge in [-0.3, -0.25) is 19.8 Å². The first-order valence-electron chi connectivity index (χ1n) is 20.7. The minimum atomic E-state index is -0.349. The summed E-state index contributed by atoms with van der Waals surface area (Å²) in [5, 5.41) is 16.2. The Labute approximate surface area is 341 Å². The van der Waals surface area contributed by atoms with Crippen molar-refractivity contribution in [2.45, 2.75) is 78.0 Å². The number of rotatable bonds is 10. The molecule has 1 aromatic heterocycles. The molecule has 3 aromatic carbocycles. The molecule has 4 heterocycles. The SMILES string of the molecule is COc1cc(OC2C(C)(C)C(NC(=O)c3ccc(N4CCC(CN5CCC(n6ccc7c(N8CCC(=O)NC8=O)cccc76)CC5)CC4)cc3)C2(C)C)ccc1C#N. The second kappa shape index (κ2) is 15.7. The van der Waals surface area contributed by atoms with E-state index >= 15 is 0 Å². The fraction of sp³-hybridized carbons (Fsp3) is 0.478. The van der Waals surface area contributed by atoms with Gasteiger partial charge in [-0.25, -0.2) is 4.79 Å². The Morgan fingerprint density at radius 3 is 2.31 bits per heavy atom. The van der Waals surface area contributed by atoms with Gasteiger partial charge in [-0.1, -0.05) is 33.8 Å². The average molecular weight is 786 g/mol. The van der Waals surface area contributed by atoms with Gasteiger partial charge in [-0.2, -0.15) is 5.26 Å². The van der Waals surface area contributed by atoms with E-state index in [1.165, 1.54) is 0 Å². The van der Waals surface area contributed by atoms with Gasteiger partial charge in [0.2, 0.25) is 5.91 Å². The molecule has 12 nitrogen and oxygen atoms in total. The molecule has 4 fully saturated rings. The molecule has 0 atom stereocenters. The monoisotopic (exact) mass is 785 g/mol. The van der Waals surface area contributed by atoms with Gasteiger partial charge in [-0.05, 0) is 86.2 Å². The molecule has 58 heavy (non-hydrogen) atoms. The summed E-state index contributed by atoms with van der Waals surface area (Å²) >= 11 is 0. The maximum atomic E-state index is 13.6. The van der Waals surface area contributed by atoms with E-state index in [1.807, 2.05) is 24.3 Å². The third-order valence-corrected chi connectivity index (χ3v) is 13.3. The highest BCUT2D eigenvalue weighted by molar-refractivity contribution is 6.09. The molecule has 2 N–H and O–H groups in total. The molecular weight excluding hydrogens is 731 g/mol. The van der Waals surface area contributed by atoms with E-state index in [2.05, 4.69) is 89.2 Å². The van der Waals surface area contributed by atoms with Crippen LogP contribution in [-0.2, 0) is 4.79 Å². The minimum Gasteiger partial charge on any atom is -0.495 e. The van der Waals surface area contributed by atoms with Gasteiger partial charge < -0.3 is 29.2 Å². The highest BCUT2D eigenvalue weighted by Gasteiger charge is 2.64. The van der Waals surface area contributed by atoms with Crippen molar-refractivity contribution in [3.05, 3.63) is 84.1 Å². The zero-order chi connectivity index (χ0) is 40.8. The Morgan fingerprint density at radius 2 is 1.64 bits per heavy atom. The number of likely N-dealkylation sites (tertiary alicyclic amines) is 1. The number of imide groups is 1. The number of amides is 4. The van der Waals surface area contributed by atoms with Crippen LogP contribution in [0.25, 0.3) is 10.9 Å². The van der Waals surface area contributed by atoms with Crippen LogP contribution in [0.15, 0.2) is 72.9 Å². The zero-order valence-corrected chi connectivity index (χ0v) is 34.3. The molecule has 4 amide bonds. The fourth-order valence-corrected chi connectivity index (χ4v) is 10.5. The van der Waals surface area contributed by atoms with Crippen molar-refractivity contribution < 1.29 is 23.9 Å². The van der Waals surface area contributed by atoms with Gasteiger partial charge in [0.15, 0.2) is 0 Å². The summed E-state index contributed by atoms with van der Waals surface area (Å²) in [6.07, 6.45) is 6.78. The number of ether oxygens (including phenoxy) is 2. The highest BCUT2D eigenvalue weighted by atomic mass is 16.5. The summed E-state index contributed by atoms with van der Waals surface area (Å²) in [4.78, 5) is 44.6. The van der Waals surface area contributed by atoms with Crippen LogP contribution >= 0.6 is 0 Å². The van der Waals surface area contributed by atoms with Crippen molar-refractivity contribution in [2.75, 3.05) is 56.2 Å². The summed E-state index contributed by atoms with van der Waals surface area (Å²) in [6, 6.07) is 23.6. The zero-order valence-electron chi connectivity index (χ0n) is 34.3. The number of carbonyl (C=O) groups is 3. The Hall–Kier alpha value is -5.54. The molecular formula is C46H55N7O5. The molecule has 304 valence electrons. The lowest BCUT2D eigenvalue weighted by molar-refractivity contribution is -0.164. The predicted molar refractivity (Wildman–Crippen MR) is 224 cm³/mol. The van der Waals surface area contributed by atoms with Crippen LogP contribution in [0.1, 0.15) is 81.8 Å². The summed E-state index contributed by atoms with van der Waals surface area (Å²) in [7, 11) is 1.54. The van der Waals surface area contributed by atoms with E-state index in [1.54, 1.807) is 30.2 Å². The van der Waals surface area contributed by atoms with Crippen molar-refractivity contribution >= 4 is 40.1 Å². The number of benzene rings is 3. The van der Waals surface area contributed by atoms with Crippen molar-refractivity contribution in [2.24, 2.45) is 16.7 Å². The maximum Gasteiger partial charge on any atom is 0.328 e. The summed E-state index contributed by atoms with van der Waals surface area (Å²) in [5.74, 6) is 1.47. The molecule has 3 saturated heterocycles. The molecule has 0 bridgehead atoms. The van der Waals surface area contributed by atoms with E-state index < -0.39 is 0 Å². The van der Waals surface area contributed by atoms with Crippen LogP contribution in [0, 0.1) is 28.1 Å². The van der Waals surface area contributed by atoms with Gasteiger partial charge in [0.05, 0.1) is 23.9 Å². The second-order valence-corrected chi connectivity index (χ2v) is 17.7. The quantitative estimate of drug-likeness (QED) is 0.174. The van der Waals surface area contributed by atoms with Gasteiger partial charge in [-0.15, -0.1) is 0 Å². The molecule has 8 rings (SSSR count). The Balaban J connectivity index is 0.801. The molecule has 3 aliphatic heterocycles. The fourth-order valence-electron chi connectivity index (χ4n) is 10.5. The van der Waals surface area contributed by atoms with Gasteiger partial charge in [0, 0.05) is 97.5 Å². The molecule has 0 radical (unpaired) electrons. The molecule has 12 heteroatoms. The Bertz CT molecular complexity index is 2210. The molecule has 1 saturated carbocycles. The molecule has 0 unspecified atom stereocenters. The van der Waals surface area contributed by atoms with Gasteiger partial charge in [0.1, 0.15) is 23.7 Å². The smallest absolute Gasteiger partial charge is 0.328 e. The van der Waals surface area contributed by atoms with Crippen LogP contribution < -0.4 is 29.9 Å². The highest BCUT2D eigenvalue weighted by Crippen LogP contribution is 2.55.